The molecule has 0 bridgehead atoms. The van der Waals surface area contributed by atoms with E-state index in [1.165, 1.54) is 43.0 Å². The highest BCUT2D eigenvalue weighted by atomic mass is 32.1. The fourth-order valence-electron chi connectivity index (χ4n) is 7.73. The third-order valence-electron chi connectivity index (χ3n) is 10.1. The average Bonchev–Trinajstić information content (AvgIpc) is 3.88. The molecule has 4 heterocycles. The quantitative estimate of drug-likeness (QED) is 0.202. The number of para-hydroxylation sites is 2. The van der Waals surface area contributed by atoms with E-state index in [0.29, 0.717) is 0 Å². The molecule has 0 atom stereocenters. The Morgan fingerprint density at radius 2 is 1.16 bits per heavy atom. The molecule has 11 rings (SSSR count). The van der Waals surface area contributed by atoms with Gasteiger partial charge in [-0.15, -0.1) is 11.3 Å². The largest absolute Gasteiger partial charge is 0.455 e. The number of hydrogen-bond acceptors (Lipinski definition) is 5. The van der Waals surface area contributed by atoms with Gasteiger partial charge in [0.25, 0.3) is 0 Å². The van der Waals surface area contributed by atoms with Gasteiger partial charge in [-0.3, -0.25) is 0 Å². The molecule has 0 fully saturated rings. The Morgan fingerprint density at radius 3 is 1.84 bits per heavy atom. The fraction of sp³-hybridized carbons (Fsp3) is 0.0222. The average molecular weight is 673 g/mol. The summed E-state index contributed by atoms with van der Waals surface area (Å²) in [6.45, 7) is 0. The Balaban J connectivity index is 1.09. The number of thiophene rings is 1. The molecule has 240 valence electrons. The summed E-state index contributed by atoms with van der Waals surface area (Å²) >= 11 is 1.80. The third-order valence-corrected chi connectivity index (χ3v) is 11.2. The van der Waals surface area contributed by atoms with Crippen LogP contribution in [0.3, 0.4) is 0 Å². The van der Waals surface area contributed by atoms with Crippen molar-refractivity contribution >= 4 is 86.9 Å². The molecular formula is C45H28N4OS. The smallest absolute Gasteiger partial charge is 0.169 e. The first-order chi connectivity index (χ1) is 25.3. The molecule has 1 N–H and O–H groups in total. The van der Waals surface area contributed by atoms with Crippen molar-refractivity contribution in [2.75, 3.05) is 0 Å². The second kappa shape index (κ2) is 11.0. The number of rotatable bonds is 4. The Kier molecular flexibility index (Phi) is 6.12. The Bertz CT molecular complexity index is 2950. The highest BCUT2D eigenvalue weighted by Crippen LogP contribution is 2.45. The predicted octanol–water partition coefficient (Wildman–Crippen LogP) is 11.5. The van der Waals surface area contributed by atoms with E-state index in [0.717, 1.165) is 55.0 Å². The number of furan rings is 1. The van der Waals surface area contributed by atoms with Gasteiger partial charge in [-0.1, -0.05) is 121 Å². The molecule has 7 aromatic carbocycles. The van der Waals surface area contributed by atoms with Crippen LogP contribution in [-0.4, -0.2) is 16.2 Å². The number of hydrogen-bond donors (Lipinski definition) is 1. The van der Waals surface area contributed by atoms with E-state index in [1.54, 1.807) is 11.3 Å². The molecule has 0 unspecified atom stereocenters. The van der Waals surface area contributed by atoms with E-state index < -0.39 is 6.17 Å². The van der Waals surface area contributed by atoms with E-state index in [2.05, 4.69) is 131 Å². The van der Waals surface area contributed by atoms with Gasteiger partial charge in [0.05, 0.1) is 21.4 Å². The second-order valence-corrected chi connectivity index (χ2v) is 14.0. The molecule has 10 aromatic rings. The number of aromatic nitrogens is 1. The number of amidine groups is 2. The summed E-state index contributed by atoms with van der Waals surface area (Å²) in [6.07, 6.45) is -0.424. The normalized spacial score (nSPS) is 13.8. The van der Waals surface area contributed by atoms with Crippen LogP contribution >= 0.6 is 11.3 Å². The molecule has 3 aromatic heterocycles. The van der Waals surface area contributed by atoms with Crippen LogP contribution in [0.2, 0.25) is 0 Å². The zero-order chi connectivity index (χ0) is 33.5. The van der Waals surface area contributed by atoms with Crippen molar-refractivity contribution in [1.82, 2.24) is 9.88 Å². The summed E-state index contributed by atoms with van der Waals surface area (Å²) in [7, 11) is 0. The number of nitrogens with one attached hydrogen (secondary N) is 1. The Labute approximate surface area is 296 Å². The van der Waals surface area contributed by atoms with Crippen molar-refractivity contribution in [1.29, 1.82) is 0 Å². The monoisotopic (exact) mass is 672 g/mol. The Morgan fingerprint density at radius 1 is 0.549 bits per heavy atom. The number of aliphatic imine (C=N–C) groups is 2. The van der Waals surface area contributed by atoms with E-state index in [9.17, 15) is 0 Å². The summed E-state index contributed by atoms with van der Waals surface area (Å²) in [5.41, 5.74) is 8.35. The number of nitrogens with zero attached hydrogens (tertiary/aromatic N) is 3. The van der Waals surface area contributed by atoms with Crippen LogP contribution in [0.1, 0.15) is 22.9 Å². The van der Waals surface area contributed by atoms with Gasteiger partial charge >= 0.3 is 0 Å². The summed E-state index contributed by atoms with van der Waals surface area (Å²) < 4.78 is 11.6. The lowest BCUT2D eigenvalue weighted by Gasteiger charge is -2.22. The number of benzene rings is 7. The van der Waals surface area contributed by atoms with Crippen molar-refractivity contribution in [3.05, 3.63) is 174 Å². The minimum absolute atomic E-state index is 0.424. The molecule has 0 aliphatic carbocycles. The molecule has 0 saturated heterocycles. The van der Waals surface area contributed by atoms with Crippen LogP contribution < -0.4 is 5.32 Å². The predicted molar refractivity (Wildman–Crippen MR) is 213 cm³/mol. The Hall–Kier alpha value is -6.50. The highest BCUT2D eigenvalue weighted by Gasteiger charge is 2.23. The van der Waals surface area contributed by atoms with Gasteiger partial charge in [-0.2, -0.15) is 0 Å². The van der Waals surface area contributed by atoms with Crippen LogP contribution in [0.15, 0.2) is 172 Å². The first kappa shape index (κ1) is 28.3. The molecular weight excluding hydrogens is 645 g/mol. The SMILES string of the molecule is c1ccc(C2=NC(c3ccc4c(c3)oc3c4ccc4c3sc3cccc(-n5c6ccccc6c6ccccc65)c34)N=C(c3ccccc3)N2)cc1. The minimum Gasteiger partial charge on any atom is -0.455 e. The summed E-state index contributed by atoms with van der Waals surface area (Å²) in [6, 6.07) is 55.4. The van der Waals surface area contributed by atoms with E-state index in [1.807, 2.05) is 36.4 Å². The first-order valence-corrected chi connectivity index (χ1v) is 17.9. The molecule has 1 aliphatic rings. The van der Waals surface area contributed by atoms with Crippen LogP contribution in [0.25, 0.3) is 69.6 Å². The maximum absolute atomic E-state index is 6.81. The first-order valence-electron chi connectivity index (χ1n) is 17.1. The zero-order valence-corrected chi connectivity index (χ0v) is 28.1. The standard InChI is InChI=1S/C45H28N4OS/c1-3-12-27(13-4-1)43-46-44(28-14-5-2-6-15-28)48-45(47-43)29-22-23-32-33-24-25-34-40-37(20-11-21-39(40)51-42(34)41(33)50-38(32)26-29)49-35-18-9-7-16-30(35)31-17-8-10-19-36(31)49/h1-26,45H,(H,46,47,48). The lowest BCUT2D eigenvalue weighted by molar-refractivity contribution is 0.669. The maximum Gasteiger partial charge on any atom is 0.169 e. The van der Waals surface area contributed by atoms with Crippen molar-refractivity contribution < 1.29 is 4.42 Å². The molecule has 51 heavy (non-hydrogen) atoms. The van der Waals surface area contributed by atoms with E-state index in [-0.39, 0.29) is 0 Å². The van der Waals surface area contributed by atoms with Gasteiger partial charge in [0, 0.05) is 53.7 Å². The highest BCUT2D eigenvalue weighted by molar-refractivity contribution is 7.26. The van der Waals surface area contributed by atoms with Gasteiger partial charge in [-0.25, -0.2) is 9.98 Å². The molecule has 6 heteroatoms. The summed E-state index contributed by atoms with van der Waals surface area (Å²) in [5, 5.41) is 10.6. The summed E-state index contributed by atoms with van der Waals surface area (Å²) in [5.74, 6) is 1.59. The fourth-order valence-corrected chi connectivity index (χ4v) is 8.94. The second-order valence-electron chi connectivity index (χ2n) is 13.0. The van der Waals surface area contributed by atoms with Gasteiger partial charge in [0.2, 0.25) is 0 Å². The van der Waals surface area contributed by atoms with Crippen molar-refractivity contribution in [3.63, 3.8) is 0 Å². The molecule has 0 saturated carbocycles. The molecule has 5 nitrogen and oxygen atoms in total. The van der Waals surface area contributed by atoms with Gasteiger partial charge in [0.1, 0.15) is 17.3 Å². The van der Waals surface area contributed by atoms with Crippen molar-refractivity contribution in [3.8, 4) is 5.69 Å². The zero-order valence-electron chi connectivity index (χ0n) is 27.2. The maximum atomic E-state index is 6.81. The van der Waals surface area contributed by atoms with Gasteiger partial charge in [0.15, 0.2) is 11.7 Å². The minimum atomic E-state index is -0.424. The van der Waals surface area contributed by atoms with Crippen LogP contribution in [-0.2, 0) is 0 Å². The topological polar surface area (TPSA) is 54.8 Å². The summed E-state index contributed by atoms with van der Waals surface area (Å²) in [4.78, 5) is 10.2. The van der Waals surface area contributed by atoms with E-state index in [4.69, 9.17) is 14.4 Å². The number of fused-ring (bicyclic) bond motifs is 10. The van der Waals surface area contributed by atoms with Crippen molar-refractivity contribution in [2.45, 2.75) is 6.17 Å². The lowest BCUT2D eigenvalue weighted by Crippen LogP contribution is -2.35. The molecule has 0 amide bonds. The van der Waals surface area contributed by atoms with Crippen LogP contribution in [0, 0.1) is 0 Å². The third kappa shape index (κ3) is 4.33. The van der Waals surface area contributed by atoms with Gasteiger partial charge in [-0.05, 0) is 36.4 Å². The molecule has 1 aliphatic heterocycles. The lowest BCUT2D eigenvalue weighted by atomic mass is 10.1. The molecule has 0 radical (unpaired) electrons. The van der Waals surface area contributed by atoms with Crippen LogP contribution in [0.5, 0.6) is 0 Å². The van der Waals surface area contributed by atoms with E-state index >= 15 is 0 Å². The molecule has 0 spiro atoms. The van der Waals surface area contributed by atoms with Crippen molar-refractivity contribution in [2.24, 2.45) is 9.98 Å². The van der Waals surface area contributed by atoms with Crippen LogP contribution in [0.4, 0.5) is 0 Å². The van der Waals surface area contributed by atoms with Gasteiger partial charge < -0.3 is 14.3 Å².